The summed E-state index contributed by atoms with van der Waals surface area (Å²) in [6, 6.07) is 8.43. The standard InChI is InChI=1S/C16H16F3N5O/c17-16(18,19)13-7-8-21-15(24-13)23-11-4-1-10(2-5-11)3-6-12-9-25-14(20)22-12/h1-2,4-5,7-8,12H,3,6,9H2,(H2,20,22)(H,21,23,24)/t12-/m0/s1. The molecule has 1 aromatic carbocycles. The van der Waals surface area contributed by atoms with Gasteiger partial charge in [-0.2, -0.15) is 13.2 Å². The first-order chi connectivity index (χ1) is 11.9. The first kappa shape index (κ1) is 17.0. The zero-order valence-electron chi connectivity index (χ0n) is 13.1. The zero-order valence-corrected chi connectivity index (χ0v) is 13.1. The van der Waals surface area contributed by atoms with E-state index in [1.807, 2.05) is 12.1 Å². The monoisotopic (exact) mass is 351 g/mol. The van der Waals surface area contributed by atoms with Crippen LogP contribution in [0.3, 0.4) is 0 Å². The van der Waals surface area contributed by atoms with Gasteiger partial charge < -0.3 is 15.8 Å². The number of aliphatic imine (C=N–C) groups is 1. The summed E-state index contributed by atoms with van der Waals surface area (Å²) in [4.78, 5) is 11.4. The molecule has 9 heteroatoms. The summed E-state index contributed by atoms with van der Waals surface area (Å²) >= 11 is 0. The van der Waals surface area contributed by atoms with E-state index in [9.17, 15) is 13.2 Å². The third kappa shape index (κ3) is 4.59. The molecule has 6 nitrogen and oxygen atoms in total. The van der Waals surface area contributed by atoms with E-state index >= 15 is 0 Å². The molecular formula is C16H16F3N5O. The lowest BCUT2D eigenvalue weighted by molar-refractivity contribution is -0.141. The van der Waals surface area contributed by atoms with Gasteiger partial charge in [-0.3, -0.25) is 0 Å². The molecule has 0 fully saturated rings. The van der Waals surface area contributed by atoms with E-state index in [1.165, 1.54) is 0 Å². The summed E-state index contributed by atoms with van der Waals surface area (Å²) in [5, 5.41) is 2.77. The molecule has 0 radical (unpaired) electrons. The molecule has 1 aromatic heterocycles. The van der Waals surface area contributed by atoms with Gasteiger partial charge in [0.15, 0.2) is 0 Å². The molecule has 0 aliphatic carbocycles. The Bertz CT molecular complexity index is 761. The maximum atomic E-state index is 12.7. The Labute approximate surface area is 142 Å². The van der Waals surface area contributed by atoms with Crippen molar-refractivity contribution in [2.45, 2.75) is 25.1 Å². The lowest BCUT2D eigenvalue weighted by Gasteiger charge is -2.09. The maximum absolute atomic E-state index is 12.7. The fourth-order valence-corrected chi connectivity index (χ4v) is 2.38. The Balaban J connectivity index is 1.59. The van der Waals surface area contributed by atoms with Crippen molar-refractivity contribution >= 4 is 17.7 Å². The number of aryl methyl sites for hydroxylation is 1. The van der Waals surface area contributed by atoms with E-state index in [0.29, 0.717) is 12.3 Å². The normalized spacial score (nSPS) is 17.1. The third-order valence-electron chi connectivity index (χ3n) is 3.66. The van der Waals surface area contributed by atoms with Gasteiger partial charge in [0.1, 0.15) is 12.3 Å². The van der Waals surface area contributed by atoms with Crippen LogP contribution in [-0.2, 0) is 17.3 Å². The topological polar surface area (TPSA) is 85.4 Å². The van der Waals surface area contributed by atoms with Gasteiger partial charge in [-0.1, -0.05) is 12.1 Å². The summed E-state index contributed by atoms with van der Waals surface area (Å²) in [5.41, 5.74) is 6.16. The van der Waals surface area contributed by atoms with Gasteiger partial charge in [0.2, 0.25) is 5.95 Å². The number of rotatable bonds is 5. The second kappa shape index (κ2) is 6.96. The maximum Gasteiger partial charge on any atom is 0.433 e. The number of amidine groups is 1. The first-order valence-electron chi connectivity index (χ1n) is 7.62. The second-order valence-electron chi connectivity index (χ2n) is 5.56. The second-order valence-corrected chi connectivity index (χ2v) is 5.56. The Hall–Kier alpha value is -2.84. The molecule has 3 N–H and O–H groups in total. The van der Waals surface area contributed by atoms with Crippen LogP contribution in [0, 0.1) is 0 Å². The van der Waals surface area contributed by atoms with Gasteiger partial charge in [-0.15, -0.1) is 0 Å². The molecule has 2 heterocycles. The SMILES string of the molecule is NC1=N[C@@H](CCc2ccc(Nc3nccc(C(F)(F)F)n3)cc2)CO1. The molecule has 0 spiro atoms. The molecule has 0 saturated carbocycles. The van der Waals surface area contributed by atoms with Gasteiger partial charge >= 0.3 is 6.18 Å². The van der Waals surface area contributed by atoms with Crippen LogP contribution in [0.5, 0.6) is 0 Å². The summed E-state index contributed by atoms with van der Waals surface area (Å²) in [6.45, 7) is 0.498. The number of aromatic nitrogens is 2. The van der Waals surface area contributed by atoms with Crippen molar-refractivity contribution < 1.29 is 17.9 Å². The van der Waals surface area contributed by atoms with Gasteiger partial charge in [-0.05, 0) is 36.6 Å². The van der Waals surface area contributed by atoms with Crippen molar-refractivity contribution in [3.05, 3.63) is 47.8 Å². The highest BCUT2D eigenvalue weighted by atomic mass is 19.4. The van der Waals surface area contributed by atoms with Gasteiger partial charge in [0.25, 0.3) is 6.02 Å². The van der Waals surface area contributed by atoms with Crippen molar-refractivity contribution in [3.8, 4) is 0 Å². The number of hydrogen-bond acceptors (Lipinski definition) is 6. The first-order valence-corrected chi connectivity index (χ1v) is 7.62. The minimum atomic E-state index is -4.50. The number of alkyl halides is 3. The summed E-state index contributed by atoms with van der Waals surface area (Å²) in [7, 11) is 0. The van der Waals surface area contributed by atoms with Crippen LogP contribution >= 0.6 is 0 Å². The molecule has 25 heavy (non-hydrogen) atoms. The molecule has 3 rings (SSSR count). The molecule has 0 unspecified atom stereocenters. The van der Waals surface area contributed by atoms with Crippen LogP contribution in [0.4, 0.5) is 24.8 Å². The molecule has 0 saturated heterocycles. The van der Waals surface area contributed by atoms with Crippen molar-refractivity contribution in [1.82, 2.24) is 9.97 Å². The highest BCUT2D eigenvalue weighted by molar-refractivity contribution is 5.73. The fourth-order valence-electron chi connectivity index (χ4n) is 2.38. The molecule has 132 valence electrons. The minimum absolute atomic E-state index is 0.0660. The molecule has 1 aliphatic heterocycles. The summed E-state index contributed by atoms with van der Waals surface area (Å²) < 4.78 is 43.1. The Morgan fingerprint density at radius 2 is 1.96 bits per heavy atom. The van der Waals surface area contributed by atoms with Crippen LogP contribution in [0.25, 0.3) is 0 Å². The van der Waals surface area contributed by atoms with Gasteiger partial charge in [0.05, 0.1) is 6.04 Å². The molecule has 1 aliphatic rings. The highest BCUT2D eigenvalue weighted by Crippen LogP contribution is 2.28. The van der Waals surface area contributed by atoms with E-state index in [2.05, 4.69) is 20.3 Å². The zero-order chi connectivity index (χ0) is 17.9. The van der Waals surface area contributed by atoms with Crippen molar-refractivity contribution in [1.29, 1.82) is 0 Å². The number of hydrogen-bond donors (Lipinski definition) is 2. The van der Waals surface area contributed by atoms with Crippen molar-refractivity contribution in [2.24, 2.45) is 10.7 Å². The highest BCUT2D eigenvalue weighted by Gasteiger charge is 2.32. The van der Waals surface area contributed by atoms with Crippen LogP contribution < -0.4 is 11.1 Å². The number of ether oxygens (including phenoxy) is 1. The predicted molar refractivity (Wildman–Crippen MR) is 86.4 cm³/mol. The van der Waals surface area contributed by atoms with E-state index in [1.54, 1.807) is 12.1 Å². The quantitative estimate of drug-likeness (QED) is 0.865. The number of nitrogens with one attached hydrogen (secondary N) is 1. The number of nitrogens with zero attached hydrogens (tertiary/aromatic N) is 3. The lowest BCUT2D eigenvalue weighted by atomic mass is 10.1. The van der Waals surface area contributed by atoms with Gasteiger partial charge in [0, 0.05) is 11.9 Å². The summed E-state index contributed by atoms with van der Waals surface area (Å²) in [5.74, 6) is -0.101. The number of anilines is 2. The molecule has 1 atom stereocenters. The molecular weight excluding hydrogens is 335 g/mol. The van der Waals surface area contributed by atoms with E-state index in [0.717, 1.165) is 30.7 Å². The van der Waals surface area contributed by atoms with Crippen LogP contribution in [-0.4, -0.2) is 28.6 Å². The molecule has 0 bridgehead atoms. The van der Waals surface area contributed by atoms with E-state index in [-0.39, 0.29) is 18.0 Å². The number of nitrogens with two attached hydrogens (primary N) is 1. The summed E-state index contributed by atoms with van der Waals surface area (Å²) in [6.07, 6.45) is -1.82. The van der Waals surface area contributed by atoms with Crippen LogP contribution in [0.2, 0.25) is 0 Å². The lowest BCUT2D eigenvalue weighted by Crippen LogP contribution is -2.10. The average molecular weight is 351 g/mol. The van der Waals surface area contributed by atoms with Gasteiger partial charge in [-0.25, -0.2) is 15.0 Å². The van der Waals surface area contributed by atoms with Crippen LogP contribution in [0.15, 0.2) is 41.5 Å². The van der Waals surface area contributed by atoms with Crippen molar-refractivity contribution in [2.75, 3.05) is 11.9 Å². The fraction of sp³-hybridized carbons (Fsp3) is 0.312. The number of halogens is 3. The molecule has 2 aromatic rings. The van der Waals surface area contributed by atoms with E-state index < -0.39 is 11.9 Å². The Morgan fingerprint density at radius 1 is 1.20 bits per heavy atom. The number of benzene rings is 1. The Kier molecular flexibility index (Phi) is 4.73. The smallest absolute Gasteiger partial charge is 0.433 e. The predicted octanol–water partition coefficient (Wildman–Crippen LogP) is 2.89. The van der Waals surface area contributed by atoms with E-state index in [4.69, 9.17) is 10.5 Å². The minimum Gasteiger partial charge on any atom is -0.463 e. The molecule has 0 amide bonds. The Morgan fingerprint density at radius 3 is 2.60 bits per heavy atom. The largest absolute Gasteiger partial charge is 0.463 e. The van der Waals surface area contributed by atoms with Crippen LogP contribution in [0.1, 0.15) is 17.7 Å². The third-order valence-corrected chi connectivity index (χ3v) is 3.66. The average Bonchev–Trinajstić information content (AvgIpc) is 2.99. The van der Waals surface area contributed by atoms with Crippen molar-refractivity contribution in [3.63, 3.8) is 0 Å².